The average Bonchev–Trinajstić information content (AvgIpc) is 3.65. The zero-order valence-corrected chi connectivity index (χ0v) is 22.8. The summed E-state index contributed by atoms with van der Waals surface area (Å²) in [4.78, 5) is 22.1. The van der Waals surface area contributed by atoms with Crippen LogP contribution in [0.5, 0.6) is 0 Å². The van der Waals surface area contributed by atoms with Gasteiger partial charge in [0.05, 0.1) is 11.7 Å². The number of hydrogen-bond donors (Lipinski definition) is 1. The number of pyridine rings is 2. The minimum atomic E-state index is -3.34. The number of nitrogens with zero attached hydrogens (tertiary/aromatic N) is 4. The van der Waals surface area contributed by atoms with Crippen molar-refractivity contribution in [2.24, 2.45) is 5.92 Å². The van der Waals surface area contributed by atoms with Gasteiger partial charge >= 0.3 is 0 Å². The van der Waals surface area contributed by atoms with Crippen molar-refractivity contribution in [1.29, 1.82) is 0 Å². The molecule has 0 bridgehead atoms. The first kappa shape index (κ1) is 28.1. The van der Waals surface area contributed by atoms with Gasteiger partial charge in [-0.05, 0) is 65.6 Å². The average molecular weight is 608 g/mol. The van der Waals surface area contributed by atoms with Crippen LogP contribution in [0, 0.1) is 17.6 Å². The van der Waals surface area contributed by atoms with Gasteiger partial charge in [0.25, 0.3) is 12.3 Å². The fourth-order valence-electron chi connectivity index (χ4n) is 6.29. The molecule has 0 aliphatic heterocycles. The molecule has 6 nitrogen and oxygen atoms in total. The fourth-order valence-corrected chi connectivity index (χ4v) is 6.29. The van der Waals surface area contributed by atoms with Crippen molar-refractivity contribution in [2.45, 2.75) is 43.7 Å². The molecule has 44 heavy (non-hydrogen) atoms. The predicted molar refractivity (Wildman–Crippen MR) is 148 cm³/mol. The Kier molecular flexibility index (Phi) is 6.67. The Labute approximate surface area is 246 Å². The highest BCUT2D eigenvalue weighted by atomic mass is 19.3. The lowest BCUT2D eigenvalue weighted by Gasteiger charge is -2.22. The summed E-state index contributed by atoms with van der Waals surface area (Å²) in [5.74, 6) is -7.53. The van der Waals surface area contributed by atoms with E-state index in [0.717, 1.165) is 34.5 Å². The Hall–Kier alpha value is -4.74. The van der Waals surface area contributed by atoms with Crippen molar-refractivity contribution in [3.05, 3.63) is 113 Å². The molecule has 12 heteroatoms. The van der Waals surface area contributed by atoms with Gasteiger partial charge in [-0.25, -0.2) is 17.6 Å². The second-order valence-electron chi connectivity index (χ2n) is 11.2. The van der Waals surface area contributed by atoms with Gasteiger partial charge in [0, 0.05) is 47.1 Å². The number of benzene rings is 2. The van der Waals surface area contributed by atoms with Gasteiger partial charge < -0.3 is 5.32 Å². The molecule has 2 aliphatic rings. The molecule has 3 atom stereocenters. The van der Waals surface area contributed by atoms with Crippen molar-refractivity contribution in [3.8, 4) is 11.1 Å². The van der Waals surface area contributed by atoms with Crippen molar-refractivity contribution in [3.63, 3.8) is 0 Å². The zero-order valence-electron chi connectivity index (χ0n) is 22.8. The normalized spacial score (nSPS) is 18.7. The van der Waals surface area contributed by atoms with Crippen LogP contribution < -0.4 is 5.32 Å². The highest BCUT2D eigenvalue weighted by Crippen LogP contribution is 2.67. The maximum atomic E-state index is 14.7. The maximum Gasteiger partial charge on any atom is 0.295 e. The second kappa shape index (κ2) is 10.5. The van der Waals surface area contributed by atoms with Crippen LogP contribution in [0.4, 0.5) is 26.3 Å². The van der Waals surface area contributed by atoms with Crippen LogP contribution in [0.25, 0.3) is 21.9 Å². The van der Waals surface area contributed by atoms with Crippen LogP contribution >= 0.6 is 0 Å². The van der Waals surface area contributed by atoms with E-state index in [1.165, 1.54) is 6.20 Å². The van der Waals surface area contributed by atoms with Gasteiger partial charge in [0.1, 0.15) is 29.6 Å². The van der Waals surface area contributed by atoms with E-state index < -0.39 is 65.7 Å². The van der Waals surface area contributed by atoms with E-state index in [2.05, 4.69) is 20.4 Å². The zero-order chi connectivity index (χ0) is 30.7. The van der Waals surface area contributed by atoms with Gasteiger partial charge in [-0.1, -0.05) is 18.2 Å². The summed E-state index contributed by atoms with van der Waals surface area (Å²) >= 11 is 0. The van der Waals surface area contributed by atoms with Gasteiger partial charge in [0.15, 0.2) is 0 Å². The van der Waals surface area contributed by atoms with Gasteiger partial charge in [-0.3, -0.25) is 19.4 Å². The number of hydrogen-bond acceptors (Lipinski definition) is 4. The molecule has 0 saturated heterocycles. The molecule has 2 unspecified atom stereocenters. The number of fused-ring (bicyclic) bond motifs is 4. The summed E-state index contributed by atoms with van der Waals surface area (Å²) in [5, 5.41) is 8.29. The minimum Gasteiger partial charge on any atom is -0.346 e. The smallest absolute Gasteiger partial charge is 0.295 e. The van der Waals surface area contributed by atoms with E-state index in [4.69, 9.17) is 0 Å². The molecule has 2 aliphatic carbocycles. The Bertz CT molecular complexity index is 1900. The molecule has 224 valence electrons. The van der Waals surface area contributed by atoms with Crippen LogP contribution in [0.2, 0.25) is 0 Å². The summed E-state index contributed by atoms with van der Waals surface area (Å²) < 4.78 is 86.6. The Morgan fingerprint density at radius 1 is 1.02 bits per heavy atom. The van der Waals surface area contributed by atoms with Crippen LogP contribution in [-0.4, -0.2) is 25.7 Å². The minimum absolute atomic E-state index is 0.0944. The van der Waals surface area contributed by atoms with E-state index in [9.17, 15) is 31.1 Å². The number of nitrogens with one attached hydrogen (secondary N) is 1. The van der Waals surface area contributed by atoms with E-state index in [1.54, 1.807) is 24.5 Å². The molecule has 3 heterocycles. The third-order valence-electron chi connectivity index (χ3n) is 8.29. The molecule has 1 N–H and O–H groups in total. The third kappa shape index (κ3) is 4.87. The standard InChI is InChI=1S/C32H23F6N5O/c33-20-8-16(9-21(34)12-20)10-25(28-22(2-1-6-40-28)18-4-3-17-5-7-39-14-19(17)11-18)41-26(44)15-43-29(31(35)36)27-23-13-24(23)32(37,38)30(27)42-43/h1-9,11-12,14,23-25,31H,10,13,15H2,(H,41,44)/t23?,24?,25-/m0/s1. The summed E-state index contributed by atoms with van der Waals surface area (Å²) in [5.41, 5.74) is 0.316. The number of halogens is 6. The van der Waals surface area contributed by atoms with E-state index >= 15 is 0 Å². The van der Waals surface area contributed by atoms with Crippen LogP contribution in [-0.2, 0) is 23.7 Å². The Morgan fingerprint density at radius 3 is 2.59 bits per heavy atom. The lowest BCUT2D eigenvalue weighted by atomic mass is 9.94. The number of amides is 1. The molecule has 1 saturated carbocycles. The van der Waals surface area contributed by atoms with E-state index in [1.807, 2.05) is 24.3 Å². The number of carbonyl (C=O) groups excluding carboxylic acids is 1. The molecular weight excluding hydrogens is 584 g/mol. The Balaban J connectivity index is 1.25. The van der Waals surface area contributed by atoms with E-state index in [-0.39, 0.29) is 24.0 Å². The monoisotopic (exact) mass is 607 g/mol. The summed E-state index contributed by atoms with van der Waals surface area (Å²) in [6, 6.07) is 12.9. The fraction of sp³-hybridized carbons (Fsp3) is 0.250. The lowest BCUT2D eigenvalue weighted by molar-refractivity contribution is -0.122. The molecular formula is C32H23F6N5O. The molecule has 1 fully saturated rings. The molecule has 0 spiro atoms. The molecule has 1 amide bonds. The van der Waals surface area contributed by atoms with Crippen LogP contribution in [0.1, 0.15) is 53.0 Å². The topological polar surface area (TPSA) is 72.7 Å². The van der Waals surface area contributed by atoms with Gasteiger partial charge in [-0.15, -0.1) is 0 Å². The third-order valence-corrected chi connectivity index (χ3v) is 8.29. The van der Waals surface area contributed by atoms with Crippen molar-refractivity contribution < 1.29 is 31.1 Å². The Morgan fingerprint density at radius 2 is 1.82 bits per heavy atom. The number of carbonyl (C=O) groups is 1. The lowest BCUT2D eigenvalue weighted by Crippen LogP contribution is -2.34. The molecule has 3 aromatic heterocycles. The van der Waals surface area contributed by atoms with Crippen LogP contribution in [0.15, 0.2) is 73.2 Å². The van der Waals surface area contributed by atoms with Gasteiger partial charge in [0.2, 0.25) is 5.91 Å². The predicted octanol–water partition coefficient (Wildman–Crippen LogP) is 7.02. The van der Waals surface area contributed by atoms with Gasteiger partial charge in [-0.2, -0.15) is 13.9 Å². The summed E-state index contributed by atoms with van der Waals surface area (Å²) in [6.45, 7) is -0.766. The largest absolute Gasteiger partial charge is 0.346 e. The molecule has 5 aromatic rings. The van der Waals surface area contributed by atoms with Crippen LogP contribution in [0.3, 0.4) is 0 Å². The van der Waals surface area contributed by atoms with Crippen molar-refractivity contribution in [1.82, 2.24) is 25.1 Å². The molecule has 0 radical (unpaired) electrons. The highest BCUT2D eigenvalue weighted by molar-refractivity contribution is 5.87. The number of rotatable bonds is 8. The molecule has 7 rings (SSSR count). The van der Waals surface area contributed by atoms with Crippen molar-refractivity contribution >= 4 is 16.7 Å². The second-order valence-corrected chi connectivity index (χ2v) is 11.2. The molecule has 2 aromatic carbocycles. The first-order valence-corrected chi connectivity index (χ1v) is 13.9. The number of aromatic nitrogens is 4. The SMILES string of the molecule is O=C(Cn1nc2c(c1C(F)F)C1CC1C2(F)F)N[C@@H](Cc1cc(F)cc(F)c1)c1ncccc1-c1ccc2ccncc2c1. The van der Waals surface area contributed by atoms with E-state index in [0.29, 0.717) is 15.9 Å². The first-order chi connectivity index (χ1) is 21.1. The highest BCUT2D eigenvalue weighted by Gasteiger charge is 2.67. The summed E-state index contributed by atoms with van der Waals surface area (Å²) in [7, 11) is 0. The maximum absolute atomic E-state index is 14.7. The van der Waals surface area contributed by atoms with Crippen molar-refractivity contribution in [2.75, 3.05) is 0 Å². The number of alkyl halides is 4. The quantitative estimate of drug-likeness (QED) is 0.193. The summed E-state index contributed by atoms with van der Waals surface area (Å²) in [6.07, 6.45) is 1.71. The first-order valence-electron chi connectivity index (χ1n) is 13.9.